The predicted octanol–water partition coefficient (Wildman–Crippen LogP) is 3.66. The highest BCUT2D eigenvalue weighted by molar-refractivity contribution is 7.22. The normalized spacial score (nSPS) is 10.7. The molecule has 3 amide bonds. The minimum absolute atomic E-state index is 0.311. The molecule has 0 saturated heterocycles. The van der Waals surface area contributed by atoms with Crippen LogP contribution in [0.4, 0.5) is 9.93 Å². The van der Waals surface area contributed by atoms with E-state index < -0.39 is 5.91 Å². The lowest BCUT2D eigenvalue weighted by atomic mass is 10.0. The summed E-state index contributed by atoms with van der Waals surface area (Å²) in [6.45, 7) is 2.36. The Morgan fingerprint density at radius 3 is 2.67 bits per heavy atom. The standard InChI is InChI=1S/C21H18N6O2S/c1-2-24-20(29)27-21-26-17-9-14(12-4-3-7-23-10-12)8-15(18(17)30-21)16-6-5-13(11-25-16)19(22)28/h3-11H,2H2,1H3,(H2,22,28)(H2,24,26,27,29). The van der Waals surface area contributed by atoms with Crippen molar-refractivity contribution in [2.45, 2.75) is 6.92 Å². The number of aromatic nitrogens is 3. The summed E-state index contributed by atoms with van der Waals surface area (Å²) in [6, 6.07) is 10.9. The second-order valence-corrected chi connectivity index (χ2v) is 7.41. The summed E-state index contributed by atoms with van der Waals surface area (Å²) in [5.74, 6) is -0.533. The molecular formula is C21H18N6O2S. The zero-order valence-electron chi connectivity index (χ0n) is 16.0. The first-order valence-electron chi connectivity index (χ1n) is 9.21. The molecule has 4 N–H and O–H groups in total. The van der Waals surface area contributed by atoms with E-state index >= 15 is 0 Å². The highest BCUT2D eigenvalue weighted by Gasteiger charge is 2.15. The summed E-state index contributed by atoms with van der Waals surface area (Å²) >= 11 is 1.36. The van der Waals surface area contributed by atoms with Crippen molar-refractivity contribution in [3.8, 4) is 22.4 Å². The van der Waals surface area contributed by atoms with Crippen molar-refractivity contribution >= 4 is 38.6 Å². The molecular weight excluding hydrogens is 400 g/mol. The first-order valence-corrected chi connectivity index (χ1v) is 10.0. The zero-order valence-corrected chi connectivity index (χ0v) is 16.9. The number of urea groups is 1. The van der Waals surface area contributed by atoms with Gasteiger partial charge in [-0.25, -0.2) is 9.78 Å². The van der Waals surface area contributed by atoms with Crippen molar-refractivity contribution in [2.75, 3.05) is 11.9 Å². The monoisotopic (exact) mass is 418 g/mol. The minimum Gasteiger partial charge on any atom is -0.366 e. The molecule has 0 saturated carbocycles. The molecule has 0 aliphatic carbocycles. The summed E-state index contributed by atoms with van der Waals surface area (Å²) in [4.78, 5) is 36.5. The number of thiazole rings is 1. The van der Waals surface area contributed by atoms with Crippen LogP contribution in [0.15, 0.2) is 55.0 Å². The van der Waals surface area contributed by atoms with Gasteiger partial charge in [0, 0.05) is 36.3 Å². The van der Waals surface area contributed by atoms with E-state index in [4.69, 9.17) is 5.73 Å². The number of anilines is 1. The van der Waals surface area contributed by atoms with Gasteiger partial charge in [-0.2, -0.15) is 0 Å². The van der Waals surface area contributed by atoms with Gasteiger partial charge < -0.3 is 11.1 Å². The van der Waals surface area contributed by atoms with Crippen molar-refractivity contribution in [2.24, 2.45) is 5.73 Å². The number of carbonyl (C=O) groups is 2. The quantitative estimate of drug-likeness (QED) is 0.456. The maximum Gasteiger partial charge on any atom is 0.321 e. The topological polar surface area (TPSA) is 123 Å². The molecule has 9 heteroatoms. The molecule has 0 spiro atoms. The van der Waals surface area contributed by atoms with Crippen LogP contribution >= 0.6 is 11.3 Å². The molecule has 150 valence electrons. The van der Waals surface area contributed by atoms with Gasteiger partial charge in [-0.05, 0) is 42.8 Å². The van der Waals surface area contributed by atoms with E-state index in [0.29, 0.717) is 22.9 Å². The van der Waals surface area contributed by atoms with Crippen LogP contribution < -0.4 is 16.4 Å². The van der Waals surface area contributed by atoms with Gasteiger partial charge in [-0.3, -0.25) is 20.1 Å². The van der Waals surface area contributed by atoms with Crippen molar-refractivity contribution in [3.05, 3.63) is 60.6 Å². The SMILES string of the molecule is CCNC(=O)Nc1nc2cc(-c3cccnc3)cc(-c3ccc(C(N)=O)cn3)c2s1. The highest BCUT2D eigenvalue weighted by atomic mass is 32.1. The number of pyridine rings is 2. The number of nitrogens with one attached hydrogen (secondary N) is 2. The summed E-state index contributed by atoms with van der Waals surface area (Å²) in [5.41, 5.74) is 9.74. The predicted molar refractivity (Wildman–Crippen MR) is 117 cm³/mol. The van der Waals surface area contributed by atoms with E-state index in [9.17, 15) is 9.59 Å². The molecule has 1 aromatic carbocycles. The maximum absolute atomic E-state index is 11.9. The average molecular weight is 418 g/mol. The number of carbonyl (C=O) groups excluding carboxylic acids is 2. The molecule has 4 aromatic rings. The van der Waals surface area contributed by atoms with Crippen LogP contribution in [-0.4, -0.2) is 33.4 Å². The van der Waals surface area contributed by atoms with E-state index in [-0.39, 0.29) is 6.03 Å². The molecule has 0 fully saturated rings. The summed E-state index contributed by atoms with van der Waals surface area (Å²) in [6.07, 6.45) is 4.94. The molecule has 8 nitrogen and oxygen atoms in total. The molecule has 4 rings (SSSR count). The van der Waals surface area contributed by atoms with Crippen LogP contribution in [0.3, 0.4) is 0 Å². The van der Waals surface area contributed by atoms with Crippen LogP contribution in [0.25, 0.3) is 32.6 Å². The lowest BCUT2D eigenvalue weighted by molar-refractivity contribution is 0.1000. The Bertz CT molecular complexity index is 1220. The number of amides is 3. The third-order valence-corrected chi connectivity index (χ3v) is 5.39. The van der Waals surface area contributed by atoms with Gasteiger partial charge in [0.2, 0.25) is 5.91 Å². The Balaban J connectivity index is 1.85. The molecule has 3 aromatic heterocycles. The van der Waals surface area contributed by atoms with Crippen molar-refractivity contribution in [1.29, 1.82) is 0 Å². The fourth-order valence-electron chi connectivity index (χ4n) is 2.98. The number of nitrogens with two attached hydrogens (primary N) is 1. The molecule has 0 atom stereocenters. The largest absolute Gasteiger partial charge is 0.366 e. The van der Waals surface area contributed by atoms with Crippen LogP contribution in [0.5, 0.6) is 0 Å². The van der Waals surface area contributed by atoms with Gasteiger partial charge in [-0.1, -0.05) is 17.4 Å². The Hall–Kier alpha value is -3.85. The van der Waals surface area contributed by atoms with Crippen molar-refractivity contribution in [3.63, 3.8) is 0 Å². The number of hydrogen-bond acceptors (Lipinski definition) is 6. The molecule has 0 aliphatic rings. The minimum atomic E-state index is -0.533. The van der Waals surface area contributed by atoms with Crippen LogP contribution in [-0.2, 0) is 0 Å². The molecule has 3 heterocycles. The van der Waals surface area contributed by atoms with Crippen molar-refractivity contribution < 1.29 is 9.59 Å². The first-order chi connectivity index (χ1) is 14.5. The van der Waals surface area contributed by atoms with Crippen LogP contribution in [0.2, 0.25) is 0 Å². The molecule has 0 unspecified atom stereocenters. The number of benzene rings is 1. The Morgan fingerprint density at radius 2 is 2.00 bits per heavy atom. The van der Waals surface area contributed by atoms with Crippen LogP contribution in [0, 0.1) is 0 Å². The van der Waals surface area contributed by atoms with E-state index in [1.165, 1.54) is 17.5 Å². The van der Waals surface area contributed by atoms with E-state index in [0.717, 1.165) is 26.9 Å². The number of primary amides is 1. The number of rotatable bonds is 5. The Morgan fingerprint density at radius 1 is 1.13 bits per heavy atom. The lowest BCUT2D eigenvalue weighted by Crippen LogP contribution is -2.28. The fourth-order valence-corrected chi connectivity index (χ4v) is 3.94. The van der Waals surface area contributed by atoms with Gasteiger partial charge in [0.05, 0.1) is 21.5 Å². The van der Waals surface area contributed by atoms with E-state index in [1.807, 2.05) is 31.2 Å². The Kier molecular flexibility index (Phi) is 5.36. The van der Waals surface area contributed by atoms with Gasteiger partial charge >= 0.3 is 6.03 Å². The molecule has 0 radical (unpaired) electrons. The lowest BCUT2D eigenvalue weighted by Gasteiger charge is -2.07. The average Bonchev–Trinajstić information content (AvgIpc) is 3.16. The smallest absolute Gasteiger partial charge is 0.321 e. The molecule has 0 aliphatic heterocycles. The summed E-state index contributed by atoms with van der Waals surface area (Å²) < 4.78 is 0.869. The number of nitrogens with zero attached hydrogens (tertiary/aromatic N) is 3. The second kappa shape index (κ2) is 8.26. The third kappa shape index (κ3) is 3.96. The van der Waals surface area contributed by atoms with Crippen LogP contribution in [0.1, 0.15) is 17.3 Å². The first kappa shape index (κ1) is 19.5. The second-order valence-electron chi connectivity index (χ2n) is 6.41. The van der Waals surface area contributed by atoms with Gasteiger partial charge in [-0.15, -0.1) is 0 Å². The Labute approximate surface area is 176 Å². The van der Waals surface area contributed by atoms with Gasteiger partial charge in [0.25, 0.3) is 0 Å². The van der Waals surface area contributed by atoms with Gasteiger partial charge in [0.15, 0.2) is 5.13 Å². The van der Waals surface area contributed by atoms with Crippen molar-refractivity contribution in [1.82, 2.24) is 20.3 Å². The summed E-state index contributed by atoms with van der Waals surface area (Å²) in [5, 5.41) is 5.93. The fraction of sp³-hybridized carbons (Fsp3) is 0.0952. The van der Waals surface area contributed by atoms with Gasteiger partial charge in [0.1, 0.15) is 0 Å². The highest BCUT2D eigenvalue weighted by Crippen LogP contribution is 2.38. The number of hydrogen-bond donors (Lipinski definition) is 3. The molecule has 0 bridgehead atoms. The zero-order chi connectivity index (χ0) is 21.1. The summed E-state index contributed by atoms with van der Waals surface area (Å²) in [7, 11) is 0. The van der Waals surface area contributed by atoms with E-state index in [1.54, 1.807) is 24.5 Å². The maximum atomic E-state index is 11.9. The number of fused-ring (bicyclic) bond motifs is 1. The third-order valence-electron chi connectivity index (χ3n) is 4.37. The molecule has 30 heavy (non-hydrogen) atoms. The van der Waals surface area contributed by atoms with E-state index in [2.05, 4.69) is 25.6 Å².